The quantitative estimate of drug-likeness (QED) is 0.203. The summed E-state index contributed by atoms with van der Waals surface area (Å²) in [5, 5.41) is 49.7. The molecule has 13 nitrogen and oxygen atoms in total. The molecule has 2 aromatic heterocycles. The van der Waals surface area contributed by atoms with E-state index in [4.69, 9.17) is 20.3 Å². The molecule has 0 bridgehead atoms. The van der Waals surface area contributed by atoms with Crippen LogP contribution in [-0.2, 0) is 4.74 Å². The van der Waals surface area contributed by atoms with E-state index in [1.165, 1.54) is 35.2 Å². The first kappa shape index (κ1) is 24.1. The van der Waals surface area contributed by atoms with Gasteiger partial charge in [-0.2, -0.15) is 0 Å². The summed E-state index contributed by atoms with van der Waals surface area (Å²) in [7, 11) is 0. The Kier molecular flexibility index (Phi) is 7.16. The lowest BCUT2D eigenvalue weighted by Gasteiger charge is -2.19. The van der Waals surface area contributed by atoms with E-state index in [0.717, 1.165) is 11.8 Å². The molecular weight excluding hydrogens is 470 g/mol. The summed E-state index contributed by atoms with van der Waals surface area (Å²) in [6.07, 6.45) is -4.51. The monoisotopic (exact) mass is 493 g/mol. The number of rotatable bonds is 9. The number of aliphatic hydroxyl groups excluding tert-OH is 4. The number of imidazole rings is 1. The third-order valence-corrected chi connectivity index (χ3v) is 6.29. The lowest BCUT2D eigenvalue weighted by Crippen LogP contribution is -2.33. The second-order valence-corrected chi connectivity index (χ2v) is 8.52. The number of carboxylic acid groups (broad SMARTS) is 1. The number of aliphatic hydroxyl groups is 4. The molecule has 0 aliphatic carbocycles. The van der Waals surface area contributed by atoms with E-state index in [-0.39, 0.29) is 34.9 Å². The van der Waals surface area contributed by atoms with Crippen LogP contribution >= 0.6 is 11.8 Å². The van der Waals surface area contributed by atoms with Crippen LogP contribution in [0.1, 0.15) is 16.6 Å². The Morgan fingerprint density at radius 2 is 1.97 bits per heavy atom. The van der Waals surface area contributed by atoms with Gasteiger partial charge in [0.15, 0.2) is 28.4 Å². The normalized spacial score (nSPS) is 23.3. The Labute approximate surface area is 196 Å². The highest BCUT2D eigenvalue weighted by Crippen LogP contribution is 2.36. The van der Waals surface area contributed by atoms with Crippen LogP contribution in [0.4, 0.5) is 5.82 Å². The van der Waals surface area contributed by atoms with Crippen molar-refractivity contribution in [1.29, 1.82) is 0 Å². The SMILES string of the molecule is Nc1ncnc2c1nc(SCC(O)COc1ccc(C(=O)O)cc1)n2[C@@H]1O[C@H](CO)[C@@H](O)[C@H]1O. The number of carbonyl (C=O) groups is 1. The van der Waals surface area contributed by atoms with Gasteiger partial charge < -0.3 is 40.7 Å². The number of aromatic nitrogens is 4. The molecule has 0 spiro atoms. The van der Waals surface area contributed by atoms with Crippen molar-refractivity contribution in [3.05, 3.63) is 36.2 Å². The molecule has 1 unspecified atom stereocenters. The molecule has 34 heavy (non-hydrogen) atoms. The first-order valence-corrected chi connectivity index (χ1v) is 11.2. The number of nitrogens with two attached hydrogens (primary N) is 1. The average Bonchev–Trinajstić information content (AvgIpc) is 3.34. The minimum absolute atomic E-state index is 0.0740. The van der Waals surface area contributed by atoms with Crippen molar-refractivity contribution < 1.29 is 39.8 Å². The highest BCUT2D eigenvalue weighted by molar-refractivity contribution is 7.99. The maximum atomic E-state index is 10.9. The number of nitrogens with zero attached hydrogens (tertiary/aromatic N) is 4. The number of aromatic carboxylic acids is 1. The molecule has 14 heteroatoms. The fraction of sp³-hybridized carbons (Fsp3) is 0.400. The number of nitrogen functional groups attached to an aromatic ring is 1. The Hall–Kier alpha value is -3.01. The Balaban J connectivity index is 1.49. The third kappa shape index (κ3) is 4.77. The molecule has 4 rings (SSSR count). The first-order valence-electron chi connectivity index (χ1n) is 10.2. The molecule has 7 N–H and O–H groups in total. The molecular formula is C20H23N5O8S. The molecule has 0 radical (unpaired) electrons. The van der Waals surface area contributed by atoms with Crippen LogP contribution in [-0.4, -0.2) is 94.4 Å². The van der Waals surface area contributed by atoms with E-state index >= 15 is 0 Å². The van der Waals surface area contributed by atoms with Crippen molar-refractivity contribution in [3.63, 3.8) is 0 Å². The van der Waals surface area contributed by atoms with Gasteiger partial charge in [0.2, 0.25) is 0 Å². The van der Waals surface area contributed by atoms with E-state index in [1.54, 1.807) is 0 Å². The summed E-state index contributed by atoms with van der Waals surface area (Å²) in [5.41, 5.74) is 6.55. The molecule has 182 valence electrons. The topological polar surface area (TPSA) is 206 Å². The molecule has 0 saturated carbocycles. The van der Waals surface area contributed by atoms with Gasteiger partial charge in [0.05, 0.1) is 18.3 Å². The van der Waals surface area contributed by atoms with E-state index in [0.29, 0.717) is 10.9 Å². The molecule has 5 atom stereocenters. The van der Waals surface area contributed by atoms with Crippen molar-refractivity contribution in [2.75, 3.05) is 24.7 Å². The van der Waals surface area contributed by atoms with Crippen molar-refractivity contribution in [2.24, 2.45) is 0 Å². The number of carboxylic acids is 1. The van der Waals surface area contributed by atoms with Crippen molar-refractivity contribution in [2.45, 2.75) is 35.8 Å². The van der Waals surface area contributed by atoms with Crippen LogP contribution in [0.3, 0.4) is 0 Å². The van der Waals surface area contributed by atoms with E-state index in [2.05, 4.69) is 15.0 Å². The summed E-state index contributed by atoms with van der Waals surface area (Å²) in [6.45, 7) is -0.570. The maximum absolute atomic E-state index is 10.9. The summed E-state index contributed by atoms with van der Waals surface area (Å²) in [5.74, 6) is -0.425. The van der Waals surface area contributed by atoms with Gasteiger partial charge in [0.1, 0.15) is 37.0 Å². The van der Waals surface area contributed by atoms with Crippen molar-refractivity contribution in [1.82, 2.24) is 19.5 Å². The van der Waals surface area contributed by atoms with Crippen LogP contribution < -0.4 is 10.5 Å². The number of thioether (sulfide) groups is 1. The van der Waals surface area contributed by atoms with Crippen LogP contribution in [0.2, 0.25) is 0 Å². The van der Waals surface area contributed by atoms with Gasteiger partial charge >= 0.3 is 5.97 Å². The second kappa shape index (κ2) is 10.1. The lowest BCUT2D eigenvalue weighted by atomic mass is 10.1. The maximum Gasteiger partial charge on any atom is 0.335 e. The molecule has 1 aromatic carbocycles. The third-order valence-electron chi connectivity index (χ3n) is 5.19. The highest BCUT2D eigenvalue weighted by Gasteiger charge is 2.45. The fourth-order valence-electron chi connectivity index (χ4n) is 3.44. The number of anilines is 1. The van der Waals surface area contributed by atoms with Gasteiger partial charge in [-0.1, -0.05) is 11.8 Å². The summed E-state index contributed by atoms with van der Waals surface area (Å²) >= 11 is 1.12. The Morgan fingerprint density at radius 3 is 2.62 bits per heavy atom. The van der Waals surface area contributed by atoms with Crippen LogP contribution in [0.15, 0.2) is 35.7 Å². The molecule has 1 saturated heterocycles. The van der Waals surface area contributed by atoms with Gasteiger partial charge in [0.25, 0.3) is 0 Å². The number of hydrogen-bond acceptors (Lipinski definition) is 12. The fourth-order valence-corrected chi connectivity index (χ4v) is 4.36. The van der Waals surface area contributed by atoms with E-state index in [1.807, 2.05) is 0 Å². The van der Waals surface area contributed by atoms with Crippen LogP contribution in [0.25, 0.3) is 11.2 Å². The van der Waals surface area contributed by atoms with Gasteiger partial charge in [-0.25, -0.2) is 19.7 Å². The van der Waals surface area contributed by atoms with Gasteiger partial charge in [-0.05, 0) is 24.3 Å². The second-order valence-electron chi connectivity index (χ2n) is 7.53. The molecule has 1 fully saturated rings. The first-order chi connectivity index (χ1) is 16.3. The van der Waals surface area contributed by atoms with Crippen LogP contribution in [0.5, 0.6) is 5.75 Å². The minimum Gasteiger partial charge on any atom is -0.491 e. The van der Waals surface area contributed by atoms with E-state index < -0.39 is 43.2 Å². The summed E-state index contributed by atoms with van der Waals surface area (Å²) in [6, 6.07) is 5.78. The van der Waals surface area contributed by atoms with Gasteiger partial charge in [0, 0.05) is 5.75 Å². The standard InChI is InChI=1S/C20H23N5O8S/c21-16-13-17(23-8-22-16)25(18-15(29)14(28)12(5-26)33-18)20(24-13)34-7-10(27)6-32-11-3-1-9(2-4-11)19(30)31/h1-4,8,10,12,14-15,18,26-29H,5-7H2,(H,30,31)(H2,21,22,23)/t10?,12-,14-,15-,18-/m1/s1. The smallest absolute Gasteiger partial charge is 0.335 e. The van der Waals surface area contributed by atoms with Gasteiger partial charge in [-0.15, -0.1) is 0 Å². The summed E-state index contributed by atoms with van der Waals surface area (Å²) in [4.78, 5) is 23.4. The minimum atomic E-state index is -1.37. The average molecular weight is 493 g/mol. The zero-order valence-corrected chi connectivity index (χ0v) is 18.4. The number of benzene rings is 1. The van der Waals surface area contributed by atoms with Crippen molar-refractivity contribution >= 4 is 34.7 Å². The zero-order valence-electron chi connectivity index (χ0n) is 17.6. The summed E-state index contributed by atoms with van der Waals surface area (Å²) < 4.78 is 12.6. The predicted octanol–water partition coefficient (Wildman–Crippen LogP) is -0.750. The zero-order chi connectivity index (χ0) is 24.4. The molecule has 0 amide bonds. The number of hydrogen-bond donors (Lipinski definition) is 6. The number of ether oxygens (including phenoxy) is 2. The van der Waals surface area contributed by atoms with Crippen LogP contribution in [0, 0.1) is 0 Å². The van der Waals surface area contributed by atoms with Gasteiger partial charge in [-0.3, -0.25) is 4.57 Å². The van der Waals surface area contributed by atoms with E-state index in [9.17, 15) is 25.2 Å². The molecule has 1 aliphatic rings. The molecule has 1 aliphatic heterocycles. The Morgan fingerprint density at radius 1 is 1.24 bits per heavy atom. The Bertz CT molecular complexity index is 1160. The van der Waals surface area contributed by atoms with Crippen molar-refractivity contribution in [3.8, 4) is 5.75 Å². The predicted molar refractivity (Wildman–Crippen MR) is 118 cm³/mol. The molecule has 3 heterocycles. The lowest BCUT2D eigenvalue weighted by molar-refractivity contribution is -0.0548. The molecule has 3 aromatic rings. The highest BCUT2D eigenvalue weighted by atomic mass is 32.2. The number of fused-ring (bicyclic) bond motifs is 1. The largest absolute Gasteiger partial charge is 0.491 e.